The van der Waals surface area contributed by atoms with Crippen molar-refractivity contribution in [3.05, 3.63) is 23.9 Å². The second-order valence-corrected chi connectivity index (χ2v) is 6.19. The zero-order valence-corrected chi connectivity index (χ0v) is 14.5. The Morgan fingerprint density at radius 3 is 2.50 bits per heavy atom. The van der Waals surface area contributed by atoms with Crippen molar-refractivity contribution < 1.29 is 19.1 Å². The van der Waals surface area contributed by atoms with E-state index in [2.05, 4.69) is 4.98 Å². The van der Waals surface area contributed by atoms with Gasteiger partial charge in [0.1, 0.15) is 0 Å². The van der Waals surface area contributed by atoms with Gasteiger partial charge >= 0.3 is 6.09 Å². The molecule has 7 heteroatoms. The Bertz CT molecular complexity index is 559. The van der Waals surface area contributed by atoms with Gasteiger partial charge in [0.2, 0.25) is 5.88 Å². The number of rotatable bonds is 4. The van der Waals surface area contributed by atoms with Gasteiger partial charge in [0.15, 0.2) is 0 Å². The monoisotopic (exact) mass is 335 g/mol. The van der Waals surface area contributed by atoms with Crippen molar-refractivity contribution in [1.82, 2.24) is 14.8 Å². The van der Waals surface area contributed by atoms with Crippen LogP contribution >= 0.6 is 0 Å². The lowest BCUT2D eigenvalue weighted by Gasteiger charge is -2.22. The van der Waals surface area contributed by atoms with Gasteiger partial charge in [-0.15, -0.1) is 0 Å². The van der Waals surface area contributed by atoms with Crippen LogP contribution in [-0.2, 0) is 4.74 Å². The number of amides is 2. The van der Waals surface area contributed by atoms with Gasteiger partial charge < -0.3 is 19.3 Å². The van der Waals surface area contributed by atoms with Gasteiger partial charge in [-0.25, -0.2) is 9.78 Å². The molecule has 0 atom stereocenters. The van der Waals surface area contributed by atoms with Gasteiger partial charge in [0.25, 0.3) is 5.91 Å². The number of pyridine rings is 1. The molecular formula is C17H25N3O4. The fraction of sp³-hybridized carbons (Fsp3) is 0.588. The molecule has 1 saturated heterocycles. The summed E-state index contributed by atoms with van der Waals surface area (Å²) >= 11 is 0. The van der Waals surface area contributed by atoms with E-state index in [0.29, 0.717) is 50.1 Å². The minimum absolute atomic E-state index is 0.0810. The zero-order valence-electron chi connectivity index (χ0n) is 14.5. The van der Waals surface area contributed by atoms with Crippen molar-refractivity contribution in [2.75, 3.05) is 39.9 Å². The first kappa shape index (κ1) is 18.0. The predicted octanol–water partition coefficient (Wildman–Crippen LogP) is 2.03. The van der Waals surface area contributed by atoms with Gasteiger partial charge in [0.05, 0.1) is 19.3 Å². The summed E-state index contributed by atoms with van der Waals surface area (Å²) in [6.07, 6.45) is 1.94. The second-order valence-electron chi connectivity index (χ2n) is 6.19. The molecule has 7 nitrogen and oxygen atoms in total. The van der Waals surface area contributed by atoms with E-state index in [0.717, 1.165) is 6.42 Å². The minimum Gasteiger partial charge on any atom is -0.481 e. The van der Waals surface area contributed by atoms with Crippen LogP contribution in [0.4, 0.5) is 4.79 Å². The van der Waals surface area contributed by atoms with Crippen LogP contribution in [-0.4, -0.2) is 66.7 Å². The largest absolute Gasteiger partial charge is 0.481 e. The molecule has 1 aromatic rings. The average Bonchev–Trinajstić information content (AvgIpc) is 2.85. The maximum absolute atomic E-state index is 12.6. The fourth-order valence-corrected chi connectivity index (χ4v) is 2.44. The van der Waals surface area contributed by atoms with Crippen molar-refractivity contribution >= 4 is 12.0 Å². The van der Waals surface area contributed by atoms with E-state index < -0.39 is 0 Å². The Morgan fingerprint density at radius 1 is 1.17 bits per heavy atom. The molecule has 2 heterocycles. The van der Waals surface area contributed by atoms with E-state index in [1.165, 1.54) is 13.3 Å². The number of carbonyl (C=O) groups is 2. The van der Waals surface area contributed by atoms with Gasteiger partial charge in [-0.2, -0.15) is 0 Å². The Labute approximate surface area is 142 Å². The summed E-state index contributed by atoms with van der Waals surface area (Å²) < 4.78 is 10.3. The molecule has 0 spiro atoms. The van der Waals surface area contributed by atoms with Crippen molar-refractivity contribution in [3.8, 4) is 5.88 Å². The van der Waals surface area contributed by atoms with E-state index in [4.69, 9.17) is 9.47 Å². The highest BCUT2D eigenvalue weighted by atomic mass is 16.6. The van der Waals surface area contributed by atoms with E-state index in [1.807, 2.05) is 13.8 Å². The molecule has 0 saturated carbocycles. The van der Waals surface area contributed by atoms with Crippen molar-refractivity contribution in [2.24, 2.45) is 5.92 Å². The van der Waals surface area contributed by atoms with Crippen LogP contribution in [0.3, 0.4) is 0 Å². The van der Waals surface area contributed by atoms with Crippen LogP contribution in [0, 0.1) is 5.92 Å². The van der Waals surface area contributed by atoms with Crippen LogP contribution in [0.2, 0.25) is 0 Å². The third-order valence-electron chi connectivity index (χ3n) is 3.77. The maximum Gasteiger partial charge on any atom is 0.409 e. The van der Waals surface area contributed by atoms with Crippen LogP contribution in [0.15, 0.2) is 18.3 Å². The number of carbonyl (C=O) groups excluding carboxylic acids is 2. The molecule has 0 bridgehead atoms. The first-order valence-corrected chi connectivity index (χ1v) is 8.22. The first-order chi connectivity index (χ1) is 11.5. The number of ether oxygens (including phenoxy) is 2. The van der Waals surface area contributed by atoms with Gasteiger partial charge in [-0.3, -0.25) is 4.79 Å². The Balaban J connectivity index is 1.91. The highest BCUT2D eigenvalue weighted by molar-refractivity contribution is 5.94. The van der Waals surface area contributed by atoms with Gasteiger partial charge in [-0.05, 0) is 18.4 Å². The van der Waals surface area contributed by atoms with Gasteiger partial charge in [0, 0.05) is 38.4 Å². The van der Waals surface area contributed by atoms with Crippen molar-refractivity contribution in [3.63, 3.8) is 0 Å². The molecule has 24 heavy (non-hydrogen) atoms. The molecule has 1 aromatic heterocycles. The number of aromatic nitrogens is 1. The third kappa shape index (κ3) is 4.84. The summed E-state index contributed by atoms with van der Waals surface area (Å²) in [5.74, 6) is 0.700. The first-order valence-electron chi connectivity index (χ1n) is 8.22. The summed E-state index contributed by atoms with van der Waals surface area (Å²) in [5.41, 5.74) is 0.520. The summed E-state index contributed by atoms with van der Waals surface area (Å²) in [6, 6.07) is 3.37. The summed E-state index contributed by atoms with van der Waals surface area (Å²) in [4.78, 5) is 32.1. The van der Waals surface area contributed by atoms with Crippen molar-refractivity contribution in [2.45, 2.75) is 20.3 Å². The molecule has 0 unspecified atom stereocenters. The highest BCUT2D eigenvalue weighted by Crippen LogP contribution is 2.12. The third-order valence-corrected chi connectivity index (χ3v) is 3.77. The average molecular weight is 335 g/mol. The number of hydrogen-bond donors (Lipinski definition) is 0. The van der Waals surface area contributed by atoms with Gasteiger partial charge in [-0.1, -0.05) is 13.8 Å². The Kier molecular flexibility index (Phi) is 6.40. The number of methoxy groups -OCH3 is 1. The molecule has 0 aliphatic carbocycles. The van der Waals surface area contributed by atoms with Crippen molar-refractivity contribution in [1.29, 1.82) is 0 Å². The van der Waals surface area contributed by atoms with E-state index in [-0.39, 0.29) is 12.0 Å². The SMILES string of the molecule is COc1ccc(C(=O)N2CCCN(C(=O)OCC(C)C)CC2)cn1. The predicted molar refractivity (Wildman–Crippen MR) is 89.1 cm³/mol. The number of nitrogens with zero attached hydrogens (tertiary/aromatic N) is 3. The molecule has 0 N–H and O–H groups in total. The fourth-order valence-electron chi connectivity index (χ4n) is 2.44. The minimum atomic E-state index is -0.302. The Hall–Kier alpha value is -2.31. The topological polar surface area (TPSA) is 72.0 Å². The van der Waals surface area contributed by atoms with Crippen LogP contribution < -0.4 is 4.74 Å². The smallest absolute Gasteiger partial charge is 0.409 e. The van der Waals surface area contributed by atoms with E-state index in [1.54, 1.807) is 21.9 Å². The molecule has 132 valence electrons. The lowest BCUT2D eigenvalue weighted by Crippen LogP contribution is -2.38. The summed E-state index contributed by atoms with van der Waals surface area (Å²) in [5, 5.41) is 0. The Morgan fingerprint density at radius 2 is 1.88 bits per heavy atom. The van der Waals surface area contributed by atoms with E-state index in [9.17, 15) is 9.59 Å². The molecule has 2 amide bonds. The van der Waals surface area contributed by atoms with Crippen LogP contribution in [0.5, 0.6) is 5.88 Å². The molecule has 1 aliphatic rings. The molecular weight excluding hydrogens is 310 g/mol. The van der Waals surface area contributed by atoms with E-state index >= 15 is 0 Å². The summed E-state index contributed by atoms with van der Waals surface area (Å²) in [7, 11) is 1.53. The maximum atomic E-state index is 12.6. The second kappa shape index (κ2) is 8.52. The molecule has 1 aliphatic heterocycles. The molecule has 2 rings (SSSR count). The van der Waals surface area contributed by atoms with Crippen LogP contribution in [0.25, 0.3) is 0 Å². The zero-order chi connectivity index (χ0) is 17.5. The quantitative estimate of drug-likeness (QED) is 0.842. The molecule has 0 radical (unpaired) electrons. The lowest BCUT2D eigenvalue weighted by atomic mass is 10.2. The van der Waals surface area contributed by atoms with Crippen LogP contribution in [0.1, 0.15) is 30.6 Å². The highest BCUT2D eigenvalue weighted by Gasteiger charge is 2.23. The normalized spacial score (nSPS) is 15.2. The number of hydrogen-bond acceptors (Lipinski definition) is 5. The standard InChI is InChI=1S/C17H25N3O4/c1-13(2)12-24-17(22)20-8-4-7-19(9-10-20)16(21)14-5-6-15(23-3)18-11-14/h5-6,11,13H,4,7-10,12H2,1-3H3. The lowest BCUT2D eigenvalue weighted by molar-refractivity contribution is 0.0746. The molecule has 0 aromatic carbocycles. The summed E-state index contributed by atoms with van der Waals surface area (Å²) in [6.45, 7) is 6.59. The molecule has 1 fully saturated rings.